The molecule has 1 aliphatic rings. The monoisotopic (exact) mass is 374 g/mol. The fourth-order valence-electron chi connectivity index (χ4n) is 1.74. The molecule has 1 heterocycles. The Morgan fingerprint density at radius 2 is 2.00 bits per heavy atom. The van der Waals surface area contributed by atoms with Crippen LogP contribution < -0.4 is 0 Å². The summed E-state index contributed by atoms with van der Waals surface area (Å²) in [5, 5.41) is 0. The van der Waals surface area contributed by atoms with Crippen molar-refractivity contribution in [2.75, 3.05) is 6.61 Å². The summed E-state index contributed by atoms with van der Waals surface area (Å²) >= 11 is 6.61. The molecule has 1 unspecified atom stereocenters. The molecule has 1 saturated heterocycles. The smallest absolute Gasteiger partial charge is 0.338 e. The molecule has 2 rings (SSSR count). The van der Waals surface area contributed by atoms with Crippen LogP contribution in [0.2, 0.25) is 0 Å². The molecule has 0 amide bonds. The predicted octanol–water partition coefficient (Wildman–Crippen LogP) is 3.98. The van der Waals surface area contributed by atoms with E-state index >= 15 is 0 Å². The highest BCUT2D eigenvalue weighted by Gasteiger charge is 2.26. The molecule has 1 atom stereocenters. The van der Waals surface area contributed by atoms with Crippen molar-refractivity contribution in [3.05, 3.63) is 45.0 Å². The van der Waals surface area contributed by atoms with Gasteiger partial charge in [-0.1, -0.05) is 18.2 Å². The lowest BCUT2D eigenvalue weighted by Gasteiger charge is -2.26. The van der Waals surface area contributed by atoms with Crippen LogP contribution in [0.5, 0.6) is 0 Å². The summed E-state index contributed by atoms with van der Waals surface area (Å²) in [6.45, 7) is 0.648. The third-order valence-corrected chi connectivity index (χ3v) is 3.39. The van der Waals surface area contributed by atoms with Crippen molar-refractivity contribution >= 4 is 37.8 Å². The van der Waals surface area contributed by atoms with Crippen LogP contribution >= 0.6 is 31.9 Å². The van der Waals surface area contributed by atoms with Crippen molar-refractivity contribution in [1.82, 2.24) is 0 Å². The van der Waals surface area contributed by atoms with E-state index in [1.54, 1.807) is 12.1 Å². The van der Waals surface area contributed by atoms with Gasteiger partial charge >= 0.3 is 5.97 Å². The number of carbonyl (C=O) groups is 1. The Balaban J connectivity index is 2.09. The van der Waals surface area contributed by atoms with E-state index < -0.39 is 0 Å². The number of carbonyl (C=O) groups excluding carboxylic acids is 1. The molecule has 0 bridgehead atoms. The van der Waals surface area contributed by atoms with Crippen LogP contribution in [0.1, 0.15) is 23.2 Å². The topological polar surface area (TPSA) is 35.5 Å². The number of ether oxygens (including phenoxy) is 2. The Bertz CT molecular complexity index is 453. The average molecular weight is 376 g/mol. The Hall–Kier alpha value is -0.810. The summed E-state index contributed by atoms with van der Waals surface area (Å²) in [4.78, 5) is 12.0. The Morgan fingerprint density at radius 1 is 1.28 bits per heavy atom. The van der Waals surface area contributed by atoms with E-state index in [9.17, 15) is 4.79 Å². The van der Waals surface area contributed by atoms with E-state index in [0.717, 1.165) is 12.8 Å². The summed E-state index contributed by atoms with van der Waals surface area (Å²) in [5.74, 6) is 0.315. The van der Waals surface area contributed by atoms with Gasteiger partial charge in [0.1, 0.15) is 3.39 Å². The summed E-state index contributed by atoms with van der Waals surface area (Å²) in [6, 6.07) is 8.95. The first-order chi connectivity index (χ1) is 8.68. The van der Waals surface area contributed by atoms with Gasteiger partial charge in [-0.2, -0.15) is 0 Å². The molecular weight excluding hydrogens is 364 g/mol. The number of esters is 1. The third-order valence-electron chi connectivity index (χ3n) is 2.61. The molecule has 0 spiro atoms. The van der Waals surface area contributed by atoms with Crippen molar-refractivity contribution in [1.29, 1.82) is 0 Å². The van der Waals surface area contributed by atoms with Crippen LogP contribution in [0, 0.1) is 0 Å². The molecule has 1 aliphatic heterocycles. The van der Waals surface area contributed by atoms with Crippen LogP contribution in [0.15, 0.2) is 39.5 Å². The number of rotatable bonds is 2. The van der Waals surface area contributed by atoms with Gasteiger partial charge in [0.2, 0.25) is 0 Å². The summed E-state index contributed by atoms with van der Waals surface area (Å²) in [7, 11) is 0. The summed E-state index contributed by atoms with van der Waals surface area (Å²) in [6.07, 6.45) is 1.32. The van der Waals surface area contributed by atoms with Gasteiger partial charge in [0.05, 0.1) is 12.2 Å². The van der Waals surface area contributed by atoms with Gasteiger partial charge in [0.25, 0.3) is 0 Å². The minimum atomic E-state index is -0.333. The van der Waals surface area contributed by atoms with Gasteiger partial charge in [-0.3, -0.25) is 0 Å². The molecule has 1 aromatic carbocycles. The molecule has 1 fully saturated rings. The highest BCUT2D eigenvalue weighted by molar-refractivity contribution is 9.28. The summed E-state index contributed by atoms with van der Waals surface area (Å²) in [5.41, 5.74) is 0.549. The minimum absolute atomic E-state index is 0.329. The first-order valence-corrected chi connectivity index (χ1v) is 7.21. The molecule has 96 valence electrons. The molecule has 0 aliphatic carbocycles. The average Bonchev–Trinajstić information content (AvgIpc) is 2.40. The second-order valence-corrected chi connectivity index (χ2v) is 6.53. The standard InChI is InChI=1S/C13H12Br2O3/c14-12(15)11-10(7-4-8-17-11)18-13(16)9-5-2-1-3-6-9/h1-3,5-6,10H,4,7-8H2. The summed E-state index contributed by atoms with van der Waals surface area (Å²) < 4.78 is 11.7. The molecule has 0 N–H and O–H groups in total. The van der Waals surface area contributed by atoms with Crippen LogP contribution in [-0.4, -0.2) is 18.7 Å². The Kier molecular flexibility index (Phi) is 4.83. The molecule has 5 heteroatoms. The van der Waals surface area contributed by atoms with E-state index in [2.05, 4.69) is 31.9 Å². The maximum Gasteiger partial charge on any atom is 0.338 e. The third kappa shape index (κ3) is 3.36. The molecule has 0 saturated carbocycles. The zero-order valence-corrected chi connectivity index (χ0v) is 12.7. The number of hydrogen-bond acceptors (Lipinski definition) is 3. The minimum Gasteiger partial charge on any atom is -0.492 e. The largest absolute Gasteiger partial charge is 0.492 e. The van der Waals surface area contributed by atoms with Crippen LogP contribution in [-0.2, 0) is 9.47 Å². The number of hydrogen-bond donors (Lipinski definition) is 0. The van der Waals surface area contributed by atoms with E-state index in [1.807, 2.05) is 18.2 Å². The van der Waals surface area contributed by atoms with Gasteiger partial charge in [0, 0.05) is 0 Å². The fourth-order valence-corrected chi connectivity index (χ4v) is 2.47. The molecule has 0 radical (unpaired) electrons. The van der Waals surface area contributed by atoms with Gasteiger partial charge < -0.3 is 9.47 Å². The second-order valence-electron chi connectivity index (χ2n) is 3.88. The lowest BCUT2D eigenvalue weighted by molar-refractivity contribution is 0.00462. The van der Waals surface area contributed by atoms with E-state index in [-0.39, 0.29) is 12.1 Å². The first kappa shape index (κ1) is 13.6. The number of halogens is 2. The fraction of sp³-hybridized carbons (Fsp3) is 0.308. The van der Waals surface area contributed by atoms with Crippen molar-refractivity contribution in [2.24, 2.45) is 0 Å². The normalized spacial score (nSPS) is 19.0. The molecular formula is C13H12Br2O3. The zero-order chi connectivity index (χ0) is 13.0. The lowest BCUT2D eigenvalue weighted by Crippen LogP contribution is -2.26. The van der Waals surface area contributed by atoms with Gasteiger partial charge in [-0.25, -0.2) is 4.79 Å². The maximum atomic E-state index is 12.0. The van der Waals surface area contributed by atoms with Crippen molar-refractivity contribution < 1.29 is 14.3 Å². The molecule has 0 aromatic heterocycles. The molecule has 1 aromatic rings. The Labute approximate surface area is 122 Å². The van der Waals surface area contributed by atoms with Crippen LogP contribution in [0.4, 0.5) is 0 Å². The van der Waals surface area contributed by atoms with Gasteiger partial charge in [0.15, 0.2) is 11.9 Å². The highest BCUT2D eigenvalue weighted by Crippen LogP contribution is 2.30. The highest BCUT2D eigenvalue weighted by atomic mass is 79.9. The quantitative estimate of drug-likeness (QED) is 0.733. The van der Waals surface area contributed by atoms with Crippen LogP contribution in [0.3, 0.4) is 0 Å². The Morgan fingerprint density at radius 3 is 2.67 bits per heavy atom. The SMILES string of the molecule is O=C(OC1CCCOC1=C(Br)Br)c1ccccc1. The van der Waals surface area contributed by atoms with Crippen molar-refractivity contribution in [3.63, 3.8) is 0 Å². The number of benzene rings is 1. The molecule has 18 heavy (non-hydrogen) atoms. The van der Waals surface area contributed by atoms with Gasteiger partial charge in [-0.15, -0.1) is 0 Å². The van der Waals surface area contributed by atoms with Crippen LogP contribution in [0.25, 0.3) is 0 Å². The lowest BCUT2D eigenvalue weighted by atomic mass is 10.1. The predicted molar refractivity (Wildman–Crippen MR) is 75.7 cm³/mol. The maximum absolute atomic E-state index is 12.0. The van der Waals surface area contributed by atoms with E-state index in [0.29, 0.717) is 21.3 Å². The molecule has 3 nitrogen and oxygen atoms in total. The first-order valence-electron chi connectivity index (χ1n) is 5.62. The zero-order valence-electron chi connectivity index (χ0n) is 9.57. The second kappa shape index (κ2) is 6.38. The van der Waals surface area contributed by atoms with Gasteiger partial charge in [-0.05, 0) is 56.8 Å². The van der Waals surface area contributed by atoms with E-state index in [4.69, 9.17) is 9.47 Å². The van der Waals surface area contributed by atoms with Crippen molar-refractivity contribution in [3.8, 4) is 0 Å². The van der Waals surface area contributed by atoms with Crippen molar-refractivity contribution in [2.45, 2.75) is 18.9 Å². The van der Waals surface area contributed by atoms with E-state index in [1.165, 1.54) is 0 Å².